The molecule has 0 atom stereocenters. The predicted octanol–water partition coefficient (Wildman–Crippen LogP) is 18.9. The number of benzene rings is 11. The highest BCUT2D eigenvalue weighted by atomic mass is 32.1. The number of thiophene rings is 1. The lowest BCUT2D eigenvalue weighted by Gasteiger charge is -2.18. The fourth-order valence-corrected chi connectivity index (χ4v) is 12.5. The molecule has 0 bridgehead atoms. The second-order valence-corrected chi connectivity index (χ2v) is 20.4. The molecule has 3 aromatic heterocycles. The molecular formula is C71H46N6S. The van der Waals surface area contributed by atoms with Gasteiger partial charge >= 0.3 is 0 Å². The Bertz CT molecular complexity index is 4580. The van der Waals surface area contributed by atoms with E-state index in [1.165, 1.54) is 42.4 Å². The minimum absolute atomic E-state index is 0.617. The summed E-state index contributed by atoms with van der Waals surface area (Å²) in [6, 6.07) is 79.1. The highest BCUT2D eigenvalue weighted by molar-refractivity contribution is 7.26. The van der Waals surface area contributed by atoms with Crippen molar-refractivity contribution in [3.05, 3.63) is 261 Å². The second kappa shape index (κ2) is 19.6. The normalized spacial score (nSPS) is 12.0. The molecular weight excluding hydrogens is 969 g/mol. The molecule has 0 unspecified atom stereocenters. The maximum Gasteiger partial charge on any atom is 0.165 e. The summed E-state index contributed by atoms with van der Waals surface area (Å²) >= 11 is 1.85. The minimum Gasteiger partial charge on any atom is -0.209 e. The molecule has 0 spiro atoms. The second-order valence-electron chi connectivity index (χ2n) is 19.3. The maximum absolute atomic E-state index is 5.29. The Labute approximate surface area is 454 Å². The molecule has 0 saturated carbocycles. The average molecular weight is 1020 g/mol. The van der Waals surface area contributed by atoms with Gasteiger partial charge in [0.25, 0.3) is 0 Å². The van der Waals surface area contributed by atoms with Crippen molar-refractivity contribution in [2.75, 3.05) is 0 Å². The molecule has 0 N–H and O–H groups in total. The first-order chi connectivity index (χ1) is 38.6. The number of aromatic nitrogens is 6. The molecule has 0 aliphatic heterocycles. The van der Waals surface area contributed by atoms with Crippen LogP contribution in [0.4, 0.5) is 0 Å². The fourth-order valence-electron chi connectivity index (χ4n) is 11.2. The van der Waals surface area contributed by atoms with E-state index in [4.69, 9.17) is 29.9 Å². The van der Waals surface area contributed by atoms with E-state index in [-0.39, 0.29) is 0 Å². The van der Waals surface area contributed by atoms with E-state index >= 15 is 0 Å². The van der Waals surface area contributed by atoms with E-state index < -0.39 is 0 Å². The van der Waals surface area contributed by atoms with Crippen molar-refractivity contribution in [3.63, 3.8) is 0 Å². The third kappa shape index (κ3) is 7.95. The van der Waals surface area contributed by atoms with Crippen molar-refractivity contribution in [2.45, 2.75) is 6.92 Å². The van der Waals surface area contributed by atoms with Crippen LogP contribution in [0.3, 0.4) is 0 Å². The SMILES string of the molecule is C=C/C=C\C=C(/C)c1nc(-c2ccccc2)nc(-c2c3ccccc3c(-c3cccc4c3sc3cccc(-c5c6ccccc6c(-c6nc(-c7ccccc7)nc(-c7ccccc7)n6)c6ccccc56)c34)c3ccccc23)n1. The van der Waals surface area contributed by atoms with E-state index in [0.717, 1.165) is 76.5 Å². The zero-order chi connectivity index (χ0) is 52.1. The molecule has 3 heterocycles. The van der Waals surface area contributed by atoms with Crippen LogP contribution in [0.5, 0.6) is 0 Å². The van der Waals surface area contributed by atoms with Gasteiger partial charge in [0.1, 0.15) is 0 Å². The van der Waals surface area contributed by atoms with Crippen LogP contribution in [0.2, 0.25) is 0 Å². The Morgan fingerprint density at radius 1 is 0.346 bits per heavy atom. The zero-order valence-corrected chi connectivity index (χ0v) is 43.3. The van der Waals surface area contributed by atoms with Crippen molar-refractivity contribution in [3.8, 4) is 79.2 Å². The molecule has 11 aromatic carbocycles. The van der Waals surface area contributed by atoms with Gasteiger partial charge in [-0.25, -0.2) is 29.9 Å². The summed E-state index contributed by atoms with van der Waals surface area (Å²) in [4.78, 5) is 31.2. The summed E-state index contributed by atoms with van der Waals surface area (Å²) in [7, 11) is 0. The van der Waals surface area contributed by atoms with Crippen LogP contribution in [0.15, 0.2) is 255 Å². The van der Waals surface area contributed by atoms with E-state index in [2.05, 4.69) is 176 Å². The van der Waals surface area contributed by atoms with Gasteiger partial charge in [0.15, 0.2) is 34.9 Å². The van der Waals surface area contributed by atoms with Gasteiger partial charge in [-0.1, -0.05) is 249 Å². The molecule has 6 nitrogen and oxygen atoms in total. The lowest BCUT2D eigenvalue weighted by Crippen LogP contribution is -2.03. The molecule has 0 aliphatic rings. The van der Waals surface area contributed by atoms with Gasteiger partial charge in [-0.3, -0.25) is 0 Å². The summed E-state index contributed by atoms with van der Waals surface area (Å²) in [5, 5.41) is 11.2. The van der Waals surface area contributed by atoms with Crippen molar-refractivity contribution >= 4 is 80.2 Å². The molecule has 0 radical (unpaired) electrons. The van der Waals surface area contributed by atoms with Gasteiger partial charge in [0.05, 0.1) is 0 Å². The van der Waals surface area contributed by atoms with Gasteiger partial charge in [0.2, 0.25) is 0 Å². The summed E-state index contributed by atoms with van der Waals surface area (Å²) in [5.41, 5.74) is 10.4. The Morgan fingerprint density at radius 2 is 0.705 bits per heavy atom. The van der Waals surface area contributed by atoms with Crippen LogP contribution in [-0.4, -0.2) is 29.9 Å². The van der Waals surface area contributed by atoms with Crippen LogP contribution in [0.1, 0.15) is 12.7 Å². The van der Waals surface area contributed by atoms with E-state index in [1.807, 2.05) is 91.1 Å². The summed E-state index contributed by atoms with van der Waals surface area (Å²) < 4.78 is 2.44. The van der Waals surface area contributed by atoms with Crippen LogP contribution in [-0.2, 0) is 0 Å². The first-order valence-corrected chi connectivity index (χ1v) is 26.9. The number of fused-ring (bicyclic) bond motifs is 7. The van der Waals surface area contributed by atoms with Crippen molar-refractivity contribution in [1.82, 2.24) is 29.9 Å². The van der Waals surface area contributed by atoms with Crippen LogP contribution >= 0.6 is 11.3 Å². The zero-order valence-electron chi connectivity index (χ0n) is 42.5. The van der Waals surface area contributed by atoms with E-state index in [9.17, 15) is 0 Å². The number of rotatable bonds is 10. The third-order valence-corrected chi connectivity index (χ3v) is 15.9. The van der Waals surface area contributed by atoms with Gasteiger partial charge in [0, 0.05) is 53.6 Å². The number of nitrogens with zero attached hydrogens (tertiary/aromatic N) is 6. The third-order valence-electron chi connectivity index (χ3n) is 14.7. The topological polar surface area (TPSA) is 77.3 Å². The summed E-state index contributed by atoms with van der Waals surface area (Å²) in [6.07, 6.45) is 7.66. The van der Waals surface area contributed by atoms with Gasteiger partial charge < -0.3 is 0 Å². The number of hydrogen-bond donors (Lipinski definition) is 0. The molecule has 366 valence electrons. The maximum atomic E-state index is 5.29. The first kappa shape index (κ1) is 46.5. The standard InChI is InChI=1S/C71H46N6S/c1-3-4-8-25-44(2)66-72-67(45-26-9-5-10-27-45)75-70(73-66)63-54-38-21-17-34-50(54)61(51-35-18-22-39-55(51)63)57-41-23-42-58-62-56(40-24-43-59(62)78-65(57)58)60-48-32-15-19-36-52(48)64(53-37-20-16-33-49(53)60)71-76-68(46-28-11-6-12-29-46)74-69(77-71)47-30-13-7-14-31-47/h3-43H,1H2,2H3/b8-4-,44-25+. The van der Waals surface area contributed by atoms with Crippen molar-refractivity contribution in [2.24, 2.45) is 0 Å². The Morgan fingerprint density at radius 3 is 1.18 bits per heavy atom. The smallest absolute Gasteiger partial charge is 0.165 e. The monoisotopic (exact) mass is 1010 g/mol. The van der Waals surface area contributed by atoms with Crippen molar-refractivity contribution in [1.29, 1.82) is 0 Å². The highest BCUT2D eigenvalue weighted by Gasteiger charge is 2.25. The number of allylic oxidation sites excluding steroid dienone is 5. The molecule has 0 aliphatic carbocycles. The molecule has 0 saturated heterocycles. The van der Waals surface area contributed by atoms with Gasteiger partial charge in [-0.2, -0.15) is 0 Å². The molecule has 7 heteroatoms. The van der Waals surface area contributed by atoms with E-state index in [1.54, 1.807) is 6.08 Å². The van der Waals surface area contributed by atoms with Crippen LogP contribution in [0, 0.1) is 0 Å². The molecule has 14 rings (SSSR count). The Balaban J connectivity index is 0.995. The predicted molar refractivity (Wildman–Crippen MR) is 327 cm³/mol. The lowest BCUT2D eigenvalue weighted by molar-refractivity contribution is 1.04. The average Bonchev–Trinajstić information content (AvgIpc) is 4.09. The Kier molecular flexibility index (Phi) is 11.7. The lowest BCUT2D eigenvalue weighted by atomic mass is 9.86. The van der Waals surface area contributed by atoms with Crippen molar-refractivity contribution < 1.29 is 0 Å². The van der Waals surface area contributed by atoms with E-state index in [0.29, 0.717) is 34.9 Å². The molecule has 0 amide bonds. The van der Waals surface area contributed by atoms with Gasteiger partial charge in [-0.05, 0) is 78.3 Å². The number of hydrogen-bond acceptors (Lipinski definition) is 7. The van der Waals surface area contributed by atoms with Crippen LogP contribution < -0.4 is 0 Å². The van der Waals surface area contributed by atoms with Crippen LogP contribution in [0.25, 0.3) is 148 Å². The molecule has 78 heavy (non-hydrogen) atoms. The summed E-state index contributed by atoms with van der Waals surface area (Å²) in [6.45, 7) is 5.90. The Hall–Kier alpha value is -10.1. The quantitative estimate of drug-likeness (QED) is 0.100. The largest absolute Gasteiger partial charge is 0.209 e. The molecule has 0 fully saturated rings. The fraction of sp³-hybridized carbons (Fsp3) is 0.0141. The highest BCUT2D eigenvalue weighted by Crippen LogP contribution is 2.51. The summed E-state index contributed by atoms with van der Waals surface area (Å²) in [5.74, 6) is 3.75. The van der Waals surface area contributed by atoms with Gasteiger partial charge in [-0.15, -0.1) is 11.3 Å². The molecule has 14 aromatic rings. The minimum atomic E-state index is 0.617. The first-order valence-electron chi connectivity index (χ1n) is 26.1.